The molecule has 7 nitrogen and oxygen atoms in total. The van der Waals surface area contributed by atoms with Gasteiger partial charge in [0.25, 0.3) is 0 Å². The molecule has 1 aromatic carbocycles. The van der Waals surface area contributed by atoms with E-state index in [-0.39, 0.29) is 24.3 Å². The Morgan fingerprint density at radius 1 is 1.28 bits per heavy atom. The van der Waals surface area contributed by atoms with Gasteiger partial charge in [0.1, 0.15) is 11.6 Å². The Morgan fingerprint density at radius 2 is 1.90 bits per heavy atom. The summed E-state index contributed by atoms with van der Waals surface area (Å²) in [4.78, 5) is 28.9. The number of halogens is 1. The zero-order valence-electron chi connectivity index (χ0n) is 17.4. The predicted octanol–water partition coefficient (Wildman–Crippen LogP) is 2.23. The monoisotopic (exact) mass is 420 g/mol. The van der Waals surface area contributed by atoms with Crippen molar-refractivity contribution < 1.29 is 14.3 Å². The van der Waals surface area contributed by atoms with Gasteiger partial charge in [0.15, 0.2) is 0 Å². The molecule has 29 heavy (non-hydrogen) atoms. The van der Waals surface area contributed by atoms with Gasteiger partial charge in [0.05, 0.1) is 19.7 Å². The van der Waals surface area contributed by atoms with Crippen LogP contribution in [0.2, 0.25) is 5.02 Å². The number of esters is 1. The number of nitriles is 1. The first-order valence-electron chi connectivity index (χ1n) is 9.72. The second-order valence-electron chi connectivity index (χ2n) is 7.78. The van der Waals surface area contributed by atoms with Crippen LogP contribution in [0.15, 0.2) is 24.3 Å². The lowest BCUT2D eigenvalue weighted by atomic mass is 9.90. The van der Waals surface area contributed by atoms with Crippen LogP contribution >= 0.6 is 11.6 Å². The number of hydrogen-bond donors (Lipinski definition) is 1. The third-order valence-electron chi connectivity index (χ3n) is 5.55. The quantitative estimate of drug-likeness (QED) is 0.681. The molecule has 2 unspecified atom stereocenters. The van der Waals surface area contributed by atoms with E-state index in [0.717, 1.165) is 0 Å². The molecule has 2 rings (SSSR count). The minimum absolute atomic E-state index is 0.00438. The van der Waals surface area contributed by atoms with Crippen LogP contribution in [0, 0.1) is 17.2 Å². The van der Waals surface area contributed by atoms with Crippen molar-refractivity contribution in [1.82, 2.24) is 15.1 Å². The largest absolute Gasteiger partial charge is 0.468 e. The van der Waals surface area contributed by atoms with Crippen LogP contribution in [-0.4, -0.2) is 67.0 Å². The molecule has 0 aliphatic carbocycles. The van der Waals surface area contributed by atoms with Gasteiger partial charge in [-0.15, -0.1) is 0 Å². The van der Waals surface area contributed by atoms with Crippen molar-refractivity contribution in [1.29, 1.82) is 5.26 Å². The van der Waals surface area contributed by atoms with Crippen LogP contribution in [0.25, 0.3) is 0 Å². The number of piperazine rings is 1. The summed E-state index contributed by atoms with van der Waals surface area (Å²) in [6, 6.07) is 8.87. The summed E-state index contributed by atoms with van der Waals surface area (Å²) in [5.41, 5.74) is -0.173. The second-order valence-corrected chi connectivity index (χ2v) is 8.18. The van der Waals surface area contributed by atoms with E-state index in [2.05, 4.69) is 11.4 Å². The molecule has 1 aliphatic rings. The summed E-state index contributed by atoms with van der Waals surface area (Å²) in [6.07, 6.45) is 0. The van der Waals surface area contributed by atoms with Crippen LogP contribution in [0.3, 0.4) is 0 Å². The highest BCUT2D eigenvalue weighted by molar-refractivity contribution is 6.31. The van der Waals surface area contributed by atoms with Gasteiger partial charge in [-0.2, -0.15) is 5.26 Å². The highest BCUT2D eigenvalue weighted by atomic mass is 35.5. The smallest absolute Gasteiger partial charge is 0.327 e. The highest BCUT2D eigenvalue weighted by Gasteiger charge is 2.34. The van der Waals surface area contributed by atoms with Gasteiger partial charge < -0.3 is 10.1 Å². The molecule has 0 radical (unpaired) electrons. The molecule has 1 N–H and O–H groups in total. The van der Waals surface area contributed by atoms with Gasteiger partial charge in [-0.05, 0) is 24.5 Å². The van der Waals surface area contributed by atoms with Crippen molar-refractivity contribution in [2.24, 2.45) is 5.92 Å². The van der Waals surface area contributed by atoms with Gasteiger partial charge in [-0.3, -0.25) is 14.6 Å². The van der Waals surface area contributed by atoms with Gasteiger partial charge in [-0.1, -0.05) is 43.6 Å². The number of amides is 1. The average molecular weight is 421 g/mol. The van der Waals surface area contributed by atoms with E-state index in [1.54, 1.807) is 13.0 Å². The number of nitrogens with one attached hydrogen (secondary N) is 1. The number of rotatable bonds is 7. The fourth-order valence-corrected chi connectivity index (χ4v) is 3.53. The molecule has 158 valence electrons. The molecule has 8 heteroatoms. The fourth-order valence-electron chi connectivity index (χ4n) is 3.29. The Labute approximate surface area is 177 Å². The first kappa shape index (κ1) is 23.1. The zero-order chi connectivity index (χ0) is 21.6. The van der Waals surface area contributed by atoms with E-state index in [9.17, 15) is 14.9 Å². The number of nitrogens with zero attached hydrogens (tertiary/aromatic N) is 3. The van der Waals surface area contributed by atoms with E-state index in [1.807, 2.05) is 41.8 Å². The van der Waals surface area contributed by atoms with E-state index >= 15 is 0 Å². The minimum Gasteiger partial charge on any atom is -0.468 e. The van der Waals surface area contributed by atoms with Gasteiger partial charge in [0.2, 0.25) is 5.91 Å². The summed E-state index contributed by atoms with van der Waals surface area (Å²) in [6.45, 7) is 8.20. The summed E-state index contributed by atoms with van der Waals surface area (Å²) < 4.78 is 5.01. The number of carbonyl (C=O) groups is 2. The number of benzene rings is 1. The average Bonchev–Trinajstić information content (AvgIpc) is 2.70. The third-order valence-corrected chi connectivity index (χ3v) is 5.89. The third kappa shape index (κ3) is 5.69. The van der Waals surface area contributed by atoms with Crippen LogP contribution in [0.1, 0.15) is 32.4 Å². The summed E-state index contributed by atoms with van der Waals surface area (Å²) in [5, 5.41) is 12.7. The summed E-state index contributed by atoms with van der Waals surface area (Å²) in [7, 11) is 1.37. The van der Waals surface area contributed by atoms with Crippen molar-refractivity contribution >= 4 is 23.5 Å². The fraction of sp³-hybridized carbons (Fsp3) is 0.571. The predicted molar refractivity (Wildman–Crippen MR) is 111 cm³/mol. The van der Waals surface area contributed by atoms with Crippen molar-refractivity contribution in [2.45, 2.75) is 32.4 Å². The van der Waals surface area contributed by atoms with Gasteiger partial charge in [-0.25, -0.2) is 4.79 Å². The molecule has 2 atom stereocenters. The maximum Gasteiger partial charge on any atom is 0.327 e. The molecule has 0 saturated carbocycles. The molecule has 0 spiro atoms. The normalized spacial score (nSPS) is 18.5. The Hall–Kier alpha value is -2.14. The van der Waals surface area contributed by atoms with Crippen molar-refractivity contribution in [2.75, 3.05) is 39.8 Å². The van der Waals surface area contributed by atoms with Crippen LogP contribution < -0.4 is 5.32 Å². The lowest BCUT2D eigenvalue weighted by Crippen LogP contribution is -2.55. The summed E-state index contributed by atoms with van der Waals surface area (Å²) in [5.74, 6) is -0.525. The van der Waals surface area contributed by atoms with Crippen LogP contribution in [0.4, 0.5) is 0 Å². The molecular weight excluding hydrogens is 392 g/mol. The van der Waals surface area contributed by atoms with Crippen molar-refractivity contribution in [3.63, 3.8) is 0 Å². The molecule has 1 saturated heterocycles. The van der Waals surface area contributed by atoms with Crippen molar-refractivity contribution in [3.05, 3.63) is 34.9 Å². The molecular formula is C21H29ClN4O3. The summed E-state index contributed by atoms with van der Waals surface area (Å²) >= 11 is 6.31. The molecule has 1 aliphatic heterocycles. The number of carbonyl (C=O) groups excluding carboxylic acids is 2. The maximum absolute atomic E-state index is 12.4. The molecule has 1 heterocycles. The number of hydrogen-bond acceptors (Lipinski definition) is 6. The number of methoxy groups -OCH3 is 1. The van der Waals surface area contributed by atoms with E-state index in [1.165, 1.54) is 7.11 Å². The van der Waals surface area contributed by atoms with E-state index in [4.69, 9.17) is 16.3 Å². The SMILES string of the molecule is COC(=O)C(c1ccccc1Cl)N1CCN(CC(=O)NC(C)(C#N)C(C)C)CC1. The lowest BCUT2D eigenvalue weighted by molar-refractivity contribution is -0.148. The number of ether oxygens (including phenoxy) is 1. The minimum atomic E-state index is -0.890. The second kappa shape index (κ2) is 10.1. The van der Waals surface area contributed by atoms with Crippen LogP contribution in [-0.2, 0) is 14.3 Å². The van der Waals surface area contributed by atoms with Gasteiger partial charge in [0, 0.05) is 31.2 Å². The Kier molecular flexibility index (Phi) is 8.03. The molecule has 0 aromatic heterocycles. The van der Waals surface area contributed by atoms with E-state index in [0.29, 0.717) is 36.8 Å². The Balaban J connectivity index is 2.00. The molecule has 1 fully saturated rings. The van der Waals surface area contributed by atoms with Crippen LogP contribution in [0.5, 0.6) is 0 Å². The topological polar surface area (TPSA) is 85.7 Å². The highest BCUT2D eigenvalue weighted by Crippen LogP contribution is 2.29. The first-order valence-corrected chi connectivity index (χ1v) is 10.1. The molecule has 0 bridgehead atoms. The lowest BCUT2D eigenvalue weighted by Gasteiger charge is -2.38. The maximum atomic E-state index is 12.4. The Bertz CT molecular complexity index is 771. The van der Waals surface area contributed by atoms with E-state index < -0.39 is 11.6 Å². The molecule has 1 amide bonds. The Morgan fingerprint density at radius 3 is 2.41 bits per heavy atom. The standard InChI is InChI=1S/C21H29ClN4O3/c1-15(2)21(3,14-23)24-18(27)13-25-9-11-26(12-10-25)19(20(28)29-4)16-7-5-6-8-17(16)22/h5-8,15,19H,9-13H2,1-4H3,(H,24,27). The van der Waals surface area contributed by atoms with Crippen molar-refractivity contribution in [3.8, 4) is 6.07 Å². The molecule has 1 aromatic rings. The first-order chi connectivity index (χ1) is 13.7. The van der Waals surface area contributed by atoms with Gasteiger partial charge >= 0.3 is 5.97 Å². The zero-order valence-corrected chi connectivity index (χ0v) is 18.2.